The summed E-state index contributed by atoms with van der Waals surface area (Å²) in [6, 6.07) is 2.02. The second-order valence-corrected chi connectivity index (χ2v) is 5.45. The first-order chi connectivity index (χ1) is 11.2. The molecule has 1 amide bonds. The summed E-state index contributed by atoms with van der Waals surface area (Å²) < 4.78 is 6.78. The van der Waals surface area contributed by atoms with Gasteiger partial charge in [-0.05, 0) is 13.0 Å². The van der Waals surface area contributed by atoms with Crippen LogP contribution in [0.3, 0.4) is 0 Å². The molecule has 0 saturated carbocycles. The zero-order valence-corrected chi connectivity index (χ0v) is 13.3. The Labute approximate surface area is 134 Å². The average molecular weight is 316 g/mol. The number of nitrogens with zero attached hydrogens (tertiary/aromatic N) is 5. The van der Waals surface area contributed by atoms with Gasteiger partial charge in [-0.25, -0.2) is 4.98 Å². The fraction of sp³-hybridized carbons (Fsp3) is 0.467. The molecule has 0 bridgehead atoms. The van der Waals surface area contributed by atoms with Gasteiger partial charge in [0.1, 0.15) is 12.4 Å². The highest BCUT2D eigenvalue weighted by Crippen LogP contribution is 2.21. The molecule has 0 saturated heterocycles. The summed E-state index contributed by atoms with van der Waals surface area (Å²) in [5, 5.41) is 7.32. The number of amides is 1. The van der Waals surface area contributed by atoms with Crippen LogP contribution in [-0.2, 0) is 29.2 Å². The molecule has 1 aliphatic heterocycles. The number of rotatable bonds is 5. The van der Waals surface area contributed by atoms with E-state index >= 15 is 0 Å². The van der Waals surface area contributed by atoms with Crippen LogP contribution in [0.2, 0.25) is 0 Å². The van der Waals surface area contributed by atoms with E-state index in [-0.39, 0.29) is 12.5 Å². The molecule has 122 valence electrons. The lowest BCUT2D eigenvalue weighted by molar-refractivity contribution is -0.124. The maximum atomic E-state index is 11.4. The Hall–Kier alpha value is -2.48. The Kier molecular flexibility index (Phi) is 4.52. The van der Waals surface area contributed by atoms with Gasteiger partial charge in [-0.1, -0.05) is 0 Å². The summed E-state index contributed by atoms with van der Waals surface area (Å²) in [7, 11) is 1.50. The first-order valence-electron chi connectivity index (χ1n) is 7.51. The Morgan fingerprint density at radius 2 is 2.17 bits per heavy atom. The quantitative estimate of drug-likeness (QED) is 0.852. The summed E-state index contributed by atoms with van der Waals surface area (Å²) >= 11 is 0. The SMILES string of the molecule is COCC(=O)NCc1cc2n(n1)CCN(c1nccnc1C)C2. The number of hydrogen-bond acceptors (Lipinski definition) is 6. The van der Waals surface area contributed by atoms with Crippen molar-refractivity contribution < 1.29 is 9.53 Å². The molecule has 0 aliphatic carbocycles. The van der Waals surface area contributed by atoms with Gasteiger partial charge in [0.05, 0.1) is 36.7 Å². The lowest BCUT2D eigenvalue weighted by Gasteiger charge is -2.29. The topological polar surface area (TPSA) is 85.2 Å². The molecule has 0 spiro atoms. The van der Waals surface area contributed by atoms with Gasteiger partial charge in [-0.2, -0.15) is 5.10 Å². The number of aryl methyl sites for hydroxylation is 1. The number of fused-ring (bicyclic) bond motifs is 1. The Bertz CT molecular complexity index is 699. The van der Waals surface area contributed by atoms with E-state index in [1.807, 2.05) is 17.7 Å². The minimum Gasteiger partial charge on any atom is -0.375 e. The zero-order chi connectivity index (χ0) is 16.2. The van der Waals surface area contributed by atoms with Crippen LogP contribution >= 0.6 is 0 Å². The van der Waals surface area contributed by atoms with Crippen LogP contribution < -0.4 is 10.2 Å². The van der Waals surface area contributed by atoms with E-state index in [1.54, 1.807) is 12.4 Å². The molecule has 0 aromatic carbocycles. The van der Waals surface area contributed by atoms with Gasteiger partial charge in [0.15, 0.2) is 0 Å². The predicted octanol–water partition coefficient (Wildman–Crippen LogP) is 0.264. The minimum atomic E-state index is -0.143. The van der Waals surface area contributed by atoms with Crippen LogP contribution in [0.1, 0.15) is 17.1 Å². The smallest absolute Gasteiger partial charge is 0.246 e. The normalized spacial score (nSPS) is 13.7. The molecule has 8 heteroatoms. The summed E-state index contributed by atoms with van der Waals surface area (Å²) in [6.45, 7) is 4.80. The van der Waals surface area contributed by atoms with Gasteiger partial charge in [0.25, 0.3) is 0 Å². The van der Waals surface area contributed by atoms with Crippen molar-refractivity contribution >= 4 is 11.7 Å². The number of nitrogens with one attached hydrogen (secondary N) is 1. The summed E-state index contributed by atoms with van der Waals surface area (Å²) in [4.78, 5) is 22.4. The number of anilines is 1. The van der Waals surface area contributed by atoms with Gasteiger partial charge in [-0.15, -0.1) is 0 Å². The highest BCUT2D eigenvalue weighted by molar-refractivity contribution is 5.77. The monoisotopic (exact) mass is 316 g/mol. The van der Waals surface area contributed by atoms with E-state index in [2.05, 4.69) is 25.3 Å². The molecule has 3 heterocycles. The lowest BCUT2D eigenvalue weighted by Crippen LogP contribution is -2.34. The Balaban J connectivity index is 1.67. The van der Waals surface area contributed by atoms with Gasteiger partial charge in [0, 0.05) is 26.0 Å². The van der Waals surface area contributed by atoms with Crippen molar-refractivity contribution in [3.05, 3.63) is 35.5 Å². The van der Waals surface area contributed by atoms with Crippen LogP contribution in [0.4, 0.5) is 5.82 Å². The molecule has 2 aromatic rings. The van der Waals surface area contributed by atoms with Crippen LogP contribution in [0.15, 0.2) is 18.5 Å². The van der Waals surface area contributed by atoms with Gasteiger partial charge < -0.3 is 15.0 Å². The van der Waals surface area contributed by atoms with E-state index in [1.165, 1.54) is 7.11 Å². The third-order valence-corrected chi connectivity index (χ3v) is 3.75. The highest BCUT2D eigenvalue weighted by Gasteiger charge is 2.21. The van der Waals surface area contributed by atoms with Crippen molar-refractivity contribution in [3.63, 3.8) is 0 Å². The molecule has 0 radical (unpaired) electrons. The second-order valence-electron chi connectivity index (χ2n) is 5.45. The van der Waals surface area contributed by atoms with Crippen LogP contribution in [0, 0.1) is 6.92 Å². The van der Waals surface area contributed by atoms with Crippen molar-refractivity contribution in [1.82, 2.24) is 25.1 Å². The van der Waals surface area contributed by atoms with Gasteiger partial charge in [-0.3, -0.25) is 14.5 Å². The number of aromatic nitrogens is 4. The van der Waals surface area contributed by atoms with Crippen LogP contribution in [0.25, 0.3) is 0 Å². The van der Waals surface area contributed by atoms with E-state index in [0.29, 0.717) is 6.54 Å². The average Bonchev–Trinajstić information content (AvgIpc) is 2.95. The van der Waals surface area contributed by atoms with Gasteiger partial charge >= 0.3 is 0 Å². The van der Waals surface area contributed by atoms with E-state index in [9.17, 15) is 4.79 Å². The largest absolute Gasteiger partial charge is 0.375 e. The molecule has 0 fully saturated rings. The van der Waals surface area contributed by atoms with E-state index in [4.69, 9.17) is 4.74 Å². The molecule has 3 rings (SSSR count). The first-order valence-corrected chi connectivity index (χ1v) is 7.51. The van der Waals surface area contributed by atoms with Crippen LogP contribution in [0.5, 0.6) is 0 Å². The highest BCUT2D eigenvalue weighted by atomic mass is 16.5. The molecule has 0 unspecified atom stereocenters. The third kappa shape index (κ3) is 3.48. The molecule has 1 aliphatic rings. The van der Waals surface area contributed by atoms with Gasteiger partial charge in [0.2, 0.25) is 5.91 Å². The third-order valence-electron chi connectivity index (χ3n) is 3.75. The number of carbonyl (C=O) groups is 1. The summed E-state index contributed by atoms with van der Waals surface area (Å²) in [6.07, 6.45) is 3.42. The van der Waals surface area contributed by atoms with Crippen molar-refractivity contribution in [2.24, 2.45) is 0 Å². The van der Waals surface area contributed by atoms with E-state index < -0.39 is 0 Å². The van der Waals surface area contributed by atoms with Crippen molar-refractivity contribution in [2.45, 2.75) is 26.6 Å². The standard InChI is InChI=1S/C15H20N6O2/c1-11-15(17-4-3-16-11)20-5-6-21-13(9-20)7-12(19-21)8-18-14(22)10-23-2/h3-4,7H,5-6,8-10H2,1-2H3,(H,18,22). The van der Waals surface area contributed by atoms with E-state index in [0.717, 1.165) is 42.5 Å². The fourth-order valence-corrected chi connectivity index (χ4v) is 2.68. The summed E-state index contributed by atoms with van der Waals surface area (Å²) in [5.74, 6) is 0.769. The minimum absolute atomic E-state index is 0.0628. The van der Waals surface area contributed by atoms with Crippen molar-refractivity contribution in [1.29, 1.82) is 0 Å². The molecule has 1 N–H and O–H groups in total. The number of hydrogen-bond donors (Lipinski definition) is 1. The predicted molar refractivity (Wildman–Crippen MR) is 83.8 cm³/mol. The maximum Gasteiger partial charge on any atom is 0.246 e. The molecule has 2 aromatic heterocycles. The number of methoxy groups -OCH3 is 1. The Morgan fingerprint density at radius 1 is 1.35 bits per heavy atom. The first kappa shape index (κ1) is 15.4. The molecular weight excluding hydrogens is 296 g/mol. The number of ether oxygens (including phenoxy) is 1. The molecule has 0 atom stereocenters. The van der Waals surface area contributed by atoms with Crippen molar-refractivity contribution in [3.8, 4) is 0 Å². The van der Waals surface area contributed by atoms with Crippen molar-refractivity contribution in [2.75, 3.05) is 25.2 Å². The zero-order valence-electron chi connectivity index (χ0n) is 13.3. The molecule has 23 heavy (non-hydrogen) atoms. The molecule has 8 nitrogen and oxygen atoms in total. The lowest BCUT2D eigenvalue weighted by atomic mass is 10.2. The number of carbonyl (C=O) groups excluding carboxylic acids is 1. The van der Waals surface area contributed by atoms with Crippen LogP contribution in [-0.4, -0.2) is 45.9 Å². The second kappa shape index (κ2) is 6.74. The Morgan fingerprint density at radius 3 is 2.96 bits per heavy atom. The summed E-state index contributed by atoms with van der Waals surface area (Å²) in [5.41, 5.74) is 2.88. The fourth-order valence-electron chi connectivity index (χ4n) is 2.68. The maximum absolute atomic E-state index is 11.4. The molecular formula is C15H20N6O2.